The van der Waals surface area contributed by atoms with Crippen molar-refractivity contribution in [2.24, 2.45) is 0 Å². The van der Waals surface area contributed by atoms with Gasteiger partial charge in [-0.1, -0.05) is 19.1 Å². The lowest BCUT2D eigenvalue weighted by atomic mass is 10.0. The maximum Gasteiger partial charge on any atom is 0.283 e. The number of aromatic nitrogens is 6. The maximum absolute atomic E-state index is 13.4. The Labute approximate surface area is 165 Å². The van der Waals surface area contributed by atoms with Crippen molar-refractivity contribution in [2.45, 2.75) is 38.8 Å². The van der Waals surface area contributed by atoms with Crippen LogP contribution in [-0.2, 0) is 17.7 Å². The molecular formula is C20H19FN6O2. The first-order valence-electron chi connectivity index (χ1n) is 9.66. The van der Waals surface area contributed by atoms with E-state index in [2.05, 4.69) is 20.3 Å². The van der Waals surface area contributed by atoms with Gasteiger partial charge in [-0.2, -0.15) is 9.61 Å². The SMILES string of the molecule is CCc1nn2c(nnc3c(=O)n(CC4CCCO4)cnc32)c1-c1ccc(F)cc1. The number of ether oxygens (including phenoxy) is 1. The van der Waals surface area contributed by atoms with Gasteiger partial charge in [0, 0.05) is 6.61 Å². The molecule has 1 fully saturated rings. The van der Waals surface area contributed by atoms with Crippen molar-refractivity contribution in [3.63, 3.8) is 0 Å². The van der Waals surface area contributed by atoms with Crippen molar-refractivity contribution in [1.29, 1.82) is 0 Å². The maximum atomic E-state index is 13.4. The second-order valence-corrected chi connectivity index (χ2v) is 7.13. The Balaban J connectivity index is 1.68. The zero-order chi connectivity index (χ0) is 20.0. The molecule has 0 amide bonds. The first kappa shape index (κ1) is 17.9. The minimum Gasteiger partial charge on any atom is -0.376 e. The van der Waals surface area contributed by atoms with Gasteiger partial charge in [0.1, 0.15) is 12.1 Å². The van der Waals surface area contributed by atoms with Gasteiger partial charge in [-0.3, -0.25) is 9.36 Å². The number of rotatable bonds is 4. The third kappa shape index (κ3) is 2.98. The van der Waals surface area contributed by atoms with Gasteiger partial charge in [0.25, 0.3) is 5.56 Å². The zero-order valence-electron chi connectivity index (χ0n) is 15.9. The third-order valence-electron chi connectivity index (χ3n) is 5.27. The molecule has 1 aliphatic heterocycles. The van der Waals surface area contributed by atoms with Crippen LogP contribution in [0, 0.1) is 5.82 Å². The quantitative estimate of drug-likeness (QED) is 0.528. The molecule has 0 radical (unpaired) electrons. The van der Waals surface area contributed by atoms with Crippen LogP contribution in [0.2, 0.25) is 0 Å². The van der Waals surface area contributed by atoms with Crippen molar-refractivity contribution in [2.75, 3.05) is 6.61 Å². The number of halogens is 1. The largest absolute Gasteiger partial charge is 0.376 e. The summed E-state index contributed by atoms with van der Waals surface area (Å²) in [5.74, 6) is -0.312. The van der Waals surface area contributed by atoms with E-state index in [-0.39, 0.29) is 23.0 Å². The van der Waals surface area contributed by atoms with E-state index in [1.54, 1.807) is 16.6 Å². The van der Waals surface area contributed by atoms with Crippen LogP contribution in [-0.4, -0.2) is 42.1 Å². The minimum absolute atomic E-state index is 0.0186. The molecule has 148 valence electrons. The topological polar surface area (TPSA) is 87.2 Å². The Morgan fingerprint density at radius 2 is 2.03 bits per heavy atom. The Kier molecular flexibility index (Phi) is 4.31. The van der Waals surface area contributed by atoms with Gasteiger partial charge >= 0.3 is 0 Å². The molecule has 1 saturated heterocycles. The van der Waals surface area contributed by atoms with Crippen LogP contribution >= 0.6 is 0 Å². The smallest absolute Gasteiger partial charge is 0.283 e. The highest BCUT2D eigenvalue weighted by atomic mass is 19.1. The summed E-state index contributed by atoms with van der Waals surface area (Å²) >= 11 is 0. The van der Waals surface area contributed by atoms with E-state index in [9.17, 15) is 9.18 Å². The van der Waals surface area contributed by atoms with Gasteiger partial charge < -0.3 is 4.74 Å². The molecule has 1 aromatic carbocycles. The van der Waals surface area contributed by atoms with Gasteiger partial charge in [-0.05, 0) is 37.0 Å². The molecule has 1 aliphatic rings. The molecule has 1 atom stereocenters. The van der Waals surface area contributed by atoms with Crippen LogP contribution in [0.3, 0.4) is 0 Å². The summed E-state index contributed by atoms with van der Waals surface area (Å²) in [6.45, 7) is 3.15. The highest BCUT2D eigenvalue weighted by Crippen LogP contribution is 2.28. The van der Waals surface area contributed by atoms with E-state index < -0.39 is 0 Å². The van der Waals surface area contributed by atoms with Crippen LogP contribution in [0.25, 0.3) is 27.9 Å². The van der Waals surface area contributed by atoms with E-state index in [0.717, 1.165) is 36.3 Å². The van der Waals surface area contributed by atoms with Crippen molar-refractivity contribution in [3.05, 3.63) is 52.5 Å². The molecule has 0 aliphatic carbocycles. The van der Waals surface area contributed by atoms with Crippen molar-refractivity contribution in [3.8, 4) is 11.1 Å². The van der Waals surface area contributed by atoms with Crippen molar-refractivity contribution in [1.82, 2.24) is 29.4 Å². The first-order valence-corrected chi connectivity index (χ1v) is 9.66. The monoisotopic (exact) mass is 394 g/mol. The van der Waals surface area contributed by atoms with Gasteiger partial charge in [-0.15, -0.1) is 10.2 Å². The molecule has 29 heavy (non-hydrogen) atoms. The summed E-state index contributed by atoms with van der Waals surface area (Å²) in [6, 6.07) is 6.16. The highest BCUT2D eigenvalue weighted by molar-refractivity contribution is 5.83. The van der Waals surface area contributed by atoms with Gasteiger partial charge in [-0.25, -0.2) is 9.37 Å². The van der Waals surface area contributed by atoms with Crippen LogP contribution in [0.1, 0.15) is 25.5 Å². The van der Waals surface area contributed by atoms with Crippen LogP contribution in [0.5, 0.6) is 0 Å². The lowest BCUT2D eigenvalue weighted by molar-refractivity contribution is 0.0960. The Morgan fingerprint density at radius 1 is 1.21 bits per heavy atom. The van der Waals surface area contributed by atoms with Gasteiger partial charge in [0.05, 0.1) is 23.9 Å². The van der Waals surface area contributed by atoms with Crippen LogP contribution in [0.15, 0.2) is 35.4 Å². The summed E-state index contributed by atoms with van der Waals surface area (Å²) < 4.78 is 22.0. The molecule has 3 aromatic heterocycles. The Morgan fingerprint density at radius 3 is 2.76 bits per heavy atom. The van der Waals surface area contributed by atoms with Crippen molar-refractivity contribution < 1.29 is 9.13 Å². The fourth-order valence-electron chi connectivity index (χ4n) is 3.80. The third-order valence-corrected chi connectivity index (χ3v) is 5.27. The lowest BCUT2D eigenvalue weighted by Gasteiger charge is -2.11. The lowest BCUT2D eigenvalue weighted by Crippen LogP contribution is -2.28. The molecule has 0 spiro atoms. The number of hydrogen-bond donors (Lipinski definition) is 0. The molecule has 0 bridgehead atoms. The average molecular weight is 394 g/mol. The normalized spacial score (nSPS) is 16.8. The average Bonchev–Trinajstić information content (AvgIpc) is 3.38. The molecule has 1 unspecified atom stereocenters. The van der Waals surface area contributed by atoms with E-state index in [1.165, 1.54) is 23.0 Å². The standard InChI is InChI=1S/C20H19FN6O2/c1-2-15-16(12-5-7-13(21)8-6-12)18-24-23-17-19(27(18)25-15)22-11-26(20(17)28)10-14-4-3-9-29-14/h5-8,11,14H,2-4,9-10H2,1H3. The van der Waals surface area contributed by atoms with E-state index >= 15 is 0 Å². The van der Waals surface area contributed by atoms with E-state index in [4.69, 9.17) is 4.74 Å². The molecule has 0 saturated carbocycles. The number of fused-ring (bicyclic) bond motifs is 3. The molecule has 8 nitrogen and oxygen atoms in total. The molecule has 0 N–H and O–H groups in total. The molecule has 5 rings (SSSR count). The number of benzene rings is 1. The molecular weight excluding hydrogens is 375 g/mol. The molecule has 9 heteroatoms. The fourth-order valence-corrected chi connectivity index (χ4v) is 3.80. The predicted octanol–water partition coefficient (Wildman–Crippen LogP) is 2.38. The summed E-state index contributed by atoms with van der Waals surface area (Å²) in [5.41, 5.74) is 3.08. The molecule has 4 heterocycles. The van der Waals surface area contributed by atoms with Crippen LogP contribution < -0.4 is 5.56 Å². The minimum atomic E-state index is -0.312. The zero-order valence-corrected chi connectivity index (χ0v) is 15.9. The second kappa shape index (κ2) is 7.00. The number of aryl methyl sites for hydroxylation is 1. The summed E-state index contributed by atoms with van der Waals surface area (Å²) in [7, 11) is 0. The first-order chi connectivity index (χ1) is 14.2. The summed E-state index contributed by atoms with van der Waals surface area (Å²) in [4.78, 5) is 17.4. The second-order valence-electron chi connectivity index (χ2n) is 7.13. The molecule has 4 aromatic rings. The summed E-state index contributed by atoms with van der Waals surface area (Å²) in [6.07, 6.45) is 4.10. The highest BCUT2D eigenvalue weighted by Gasteiger charge is 2.21. The van der Waals surface area contributed by atoms with Gasteiger partial charge in [0.2, 0.25) is 0 Å². The summed E-state index contributed by atoms with van der Waals surface area (Å²) in [5, 5.41) is 13.1. The fraction of sp³-hybridized carbons (Fsp3) is 0.350. The van der Waals surface area contributed by atoms with E-state index in [0.29, 0.717) is 24.3 Å². The Hall–Kier alpha value is -3.20. The van der Waals surface area contributed by atoms with E-state index in [1.807, 2.05) is 6.92 Å². The predicted molar refractivity (Wildman–Crippen MR) is 104 cm³/mol. The van der Waals surface area contributed by atoms with Gasteiger partial charge in [0.15, 0.2) is 16.8 Å². The van der Waals surface area contributed by atoms with Crippen LogP contribution in [0.4, 0.5) is 4.39 Å². The van der Waals surface area contributed by atoms with Crippen molar-refractivity contribution >= 4 is 16.8 Å². The number of hydrogen-bond acceptors (Lipinski definition) is 6. The Bertz CT molecular complexity index is 1260. The number of nitrogens with zero attached hydrogens (tertiary/aromatic N) is 6.